The first kappa shape index (κ1) is 19.4. The van der Waals surface area contributed by atoms with Gasteiger partial charge < -0.3 is 11.5 Å². The fourth-order valence-electron chi connectivity index (χ4n) is 6.11. The zero-order valence-electron chi connectivity index (χ0n) is 18.0. The third-order valence-electron chi connectivity index (χ3n) is 7.69. The molecule has 2 nitrogen and oxygen atoms in total. The molecule has 0 fully saturated rings. The molecule has 154 valence electrons. The lowest BCUT2D eigenvalue weighted by Gasteiger charge is -2.42. The van der Waals surface area contributed by atoms with Gasteiger partial charge in [-0.05, 0) is 65.0 Å². The highest BCUT2D eigenvalue weighted by atomic mass is 14.6. The predicted molar refractivity (Wildman–Crippen MR) is 126 cm³/mol. The van der Waals surface area contributed by atoms with E-state index in [1.165, 1.54) is 34.2 Å². The summed E-state index contributed by atoms with van der Waals surface area (Å²) in [7, 11) is 0. The molecule has 0 amide bonds. The highest BCUT2D eigenvalue weighted by Gasteiger charge is 2.54. The average Bonchev–Trinajstić information content (AvgIpc) is 3.08. The summed E-state index contributed by atoms with van der Waals surface area (Å²) in [5.41, 5.74) is 20.3. The molecule has 0 aromatic heterocycles. The van der Waals surface area contributed by atoms with Crippen LogP contribution in [0.4, 0.5) is 5.69 Å². The second-order valence-corrected chi connectivity index (χ2v) is 9.22. The summed E-state index contributed by atoms with van der Waals surface area (Å²) in [6.45, 7) is 4.42. The van der Waals surface area contributed by atoms with Crippen molar-refractivity contribution in [1.82, 2.24) is 0 Å². The SMILES string of the molecule is CCc1cc(C2(C3=CC(C)C(N)C=C3)c3ccccc3C3CCC=CC32)ccc1N. The first-order valence-electron chi connectivity index (χ1n) is 11.4. The van der Waals surface area contributed by atoms with E-state index >= 15 is 0 Å². The van der Waals surface area contributed by atoms with Gasteiger partial charge in [-0.15, -0.1) is 0 Å². The maximum atomic E-state index is 6.35. The molecule has 0 bridgehead atoms. The van der Waals surface area contributed by atoms with E-state index in [0.717, 1.165) is 18.5 Å². The van der Waals surface area contributed by atoms with Crippen molar-refractivity contribution in [2.45, 2.75) is 50.5 Å². The number of nitrogens with two attached hydrogens (primary N) is 2. The van der Waals surface area contributed by atoms with Crippen LogP contribution in [0.1, 0.15) is 54.9 Å². The number of nitrogen functional groups attached to an aromatic ring is 1. The first-order valence-corrected chi connectivity index (χ1v) is 11.4. The van der Waals surface area contributed by atoms with Crippen molar-refractivity contribution >= 4 is 5.69 Å². The van der Waals surface area contributed by atoms with E-state index in [2.05, 4.69) is 86.7 Å². The number of hydrogen-bond donors (Lipinski definition) is 2. The molecule has 0 heterocycles. The summed E-state index contributed by atoms with van der Waals surface area (Å²) < 4.78 is 0. The second-order valence-electron chi connectivity index (χ2n) is 9.22. The Balaban J connectivity index is 1.84. The Morgan fingerprint density at radius 2 is 1.93 bits per heavy atom. The Bertz CT molecular complexity index is 1060. The number of rotatable bonds is 3. The van der Waals surface area contributed by atoms with E-state index in [9.17, 15) is 0 Å². The van der Waals surface area contributed by atoms with Crippen LogP contribution < -0.4 is 11.5 Å². The predicted octanol–water partition coefficient (Wildman–Crippen LogP) is 5.64. The van der Waals surface area contributed by atoms with Crippen LogP contribution in [0.5, 0.6) is 0 Å². The summed E-state index contributed by atoms with van der Waals surface area (Å²) in [6.07, 6.45) is 15.1. The van der Waals surface area contributed by atoms with Crippen molar-refractivity contribution in [3.63, 3.8) is 0 Å². The van der Waals surface area contributed by atoms with Gasteiger partial charge in [-0.2, -0.15) is 0 Å². The van der Waals surface area contributed by atoms with Gasteiger partial charge in [0.25, 0.3) is 0 Å². The molecule has 4 N–H and O–H groups in total. The zero-order valence-corrected chi connectivity index (χ0v) is 18.0. The lowest BCUT2D eigenvalue weighted by molar-refractivity contribution is 0.388. The van der Waals surface area contributed by atoms with E-state index in [4.69, 9.17) is 11.5 Å². The van der Waals surface area contributed by atoms with Crippen molar-refractivity contribution in [2.24, 2.45) is 17.6 Å². The molecule has 5 rings (SSSR count). The third-order valence-corrected chi connectivity index (χ3v) is 7.69. The molecule has 0 aliphatic heterocycles. The molecule has 2 aromatic carbocycles. The standard InChI is InChI=1S/C28H32N2/c1-3-19-17-21(13-15-27(19)30)28(20-12-14-26(29)18(2)16-20)24-10-6-4-8-22(24)23-9-5-7-11-25(23)28/h4,6-8,10-18,23,25-26H,3,5,9,29-30H2,1-2H3. The molecule has 0 saturated carbocycles. The lowest BCUT2D eigenvalue weighted by Crippen LogP contribution is -2.38. The van der Waals surface area contributed by atoms with Crippen molar-refractivity contribution in [3.8, 4) is 0 Å². The Labute approximate surface area is 180 Å². The average molecular weight is 397 g/mol. The summed E-state index contributed by atoms with van der Waals surface area (Å²) in [6, 6.07) is 15.9. The minimum absolute atomic E-state index is 0.0813. The third kappa shape index (κ3) is 2.66. The van der Waals surface area contributed by atoms with E-state index in [-0.39, 0.29) is 11.5 Å². The molecule has 2 aromatic rings. The Kier molecular flexibility index (Phi) is 4.71. The fourth-order valence-corrected chi connectivity index (χ4v) is 6.11. The monoisotopic (exact) mass is 396 g/mol. The number of fused-ring (bicyclic) bond motifs is 3. The minimum atomic E-state index is -0.194. The maximum Gasteiger partial charge on any atom is 0.0519 e. The van der Waals surface area contributed by atoms with E-state index in [1.807, 2.05) is 0 Å². The number of anilines is 1. The van der Waals surface area contributed by atoms with Crippen LogP contribution in [0.15, 0.2) is 78.4 Å². The highest BCUT2D eigenvalue weighted by Crippen LogP contribution is 2.61. The molecule has 30 heavy (non-hydrogen) atoms. The van der Waals surface area contributed by atoms with Gasteiger partial charge >= 0.3 is 0 Å². The number of benzene rings is 2. The topological polar surface area (TPSA) is 52.0 Å². The first-order chi connectivity index (χ1) is 14.6. The van der Waals surface area contributed by atoms with Crippen LogP contribution in [0.25, 0.3) is 0 Å². The summed E-state index contributed by atoms with van der Waals surface area (Å²) >= 11 is 0. The molecule has 2 heteroatoms. The van der Waals surface area contributed by atoms with Crippen molar-refractivity contribution < 1.29 is 0 Å². The van der Waals surface area contributed by atoms with Crippen molar-refractivity contribution in [1.29, 1.82) is 0 Å². The van der Waals surface area contributed by atoms with Gasteiger partial charge in [0.05, 0.1) is 5.41 Å². The van der Waals surface area contributed by atoms with Crippen LogP contribution >= 0.6 is 0 Å². The van der Waals surface area contributed by atoms with Crippen LogP contribution in [-0.2, 0) is 11.8 Å². The molecule has 5 unspecified atom stereocenters. The van der Waals surface area contributed by atoms with Crippen molar-refractivity contribution in [3.05, 3.63) is 101 Å². The van der Waals surface area contributed by atoms with Crippen LogP contribution in [0, 0.1) is 11.8 Å². The molecule has 3 aliphatic carbocycles. The van der Waals surface area contributed by atoms with Gasteiger partial charge in [0.1, 0.15) is 0 Å². The van der Waals surface area contributed by atoms with Crippen LogP contribution in [0.3, 0.4) is 0 Å². The minimum Gasteiger partial charge on any atom is -0.399 e. The van der Waals surface area contributed by atoms with Gasteiger partial charge in [0.2, 0.25) is 0 Å². The van der Waals surface area contributed by atoms with Gasteiger partial charge in [0, 0.05) is 17.6 Å². The Hall–Kier alpha value is -2.58. The number of hydrogen-bond acceptors (Lipinski definition) is 2. The number of allylic oxidation sites excluding steroid dienone is 4. The zero-order chi connectivity index (χ0) is 20.9. The van der Waals surface area contributed by atoms with Crippen LogP contribution in [0.2, 0.25) is 0 Å². The molecule has 0 spiro atoms. The van der Waals surface area contributed by atoms with E-state index in [0.29, 0.717) is 17.8 Å². The number of aryl methyl sites for hydroxylation is 1. The fraction of sp³-hybridized carbons (Fsp3) is 0.357. The Morgan fingerprint density at radius 3 is 2.73 bits per heavy atom. The molecule has 5 atom stereocenters. The molecule has 3 aliphatic rings. The van der Waals surface area contributed by atoms with Crippen molar-refractivity contribution in [2.75, 3.05) is 5.73 Å². The summed E-state index contributed by atoms with van der Waals surface area (Å²) in [5.74, 6) is 1.28. The second kappa shape index (κ2) is 7.28. The van der Waals surface area contributed by atoms with E-state index in [1.54, 1.807) is 0 Å². The van der Waals surface area contributed by atoms with Crippen LogP contribution in [-0.4, -0.2) is 6.04 Å². The summed E-state index contributed by atoms with van der Waals surface area (Å²) in [4.78, 5) is 0. The molecular weight excluding hydrogens is 364 g/mol. The largest absolute Gasteiger partial charge is 0.399 e. The quantitative estimate of drug-likeness (QED) is 0.521. The van der Waals surface area contributed by atoms with Gasteiger partial charge in [-0.25, -0.2) is 0 Å². The van der Waals surface area contributed by atoms with E-state index < -0.39 is 0 Å². The normalized spacial score (nSPS) is 31.9. The molecule has 0 radical (unpaired) electrons. The Morgan fingerprint density at radius 1 is 1.10 bits per heavy atom. The highest BCUT2D eigenvalue weighted by molar-refractivity contribution is 5.65. The maximum absolute atomic E-state index is 6.35. The van der Waals surface area contributed by atoms with Gasteiger partial charge in [0.15, 0.2) is 0 Å². The molecular formula is C28H32N2. The smallest absolute Gasteiger partial charge is 0.0519 e. The lowest BCUT2D eigenvalue weighted by atomic mass is 9.60. The molecule has 0 saturated heterocycles. The summed E-state index contributed by atoms with van der Waals surface area (Å²) in [5, 5.41) is 0. The van der Waals surface area contributed by atoms with Gasteiger partial charge in [-0.1, -0.05) is 80.6 Å². The van der Waals surface area contributed by atoms with Gasteiger partial charge in [-0.3, -0.25) is 0 Å².